The summed E-state index contributed by atoms with van der Waals surface area (Å²) < 4.78 is 0. The zero-order valence-corrected chi connectivity index (χ0v) is 12.0. The molecule has 0 spiro atoms. The first-order valence-corrected chi connectivity index (χ1v) is 7.13. The first kappa shape index (κ1) is 14.3. The zero-order chi connectivity index (χ0) is 14.5. The second-order valence-corrected chi connectivity index (χ2v) is 5.33. The van der Waals surface area contributed by atoms with Gasteiger partial charge < -0.3 is 10.7 Å². The van der Waals surface area contributed by atoms with E-state index in [9.17, 15) is 4.79 Å². The lowest BCUT2D eigenvalue weighted by Crippen LogP contribution is -2.13. The molecular formula is C14H16N4OS. The number of aryl methyl sites for hydroxylation is 1. The van der Waals surface area contributed by atoms with Crippen LogP contribution >= 0.6 is 11.8 Å². The van der Waals surface area contributed by atoms with E-state index in [1.54, 1.807) is 6.07 Å². The van der Waals surface area contributed by atoms with Crippen LogP contribution in [0.4, 0.5) is 0 Å². The summed E-state index contributed by atoms with van der Waals surface area (Å²) in [4.78, 5) is 19.5. The van der Waals surface area contributed by atoms with E-state index in [1.807, 2.05) is 25.1 Å². The average Bonchev–Trinajstić information content (AvgIpc) is 2.38. The summed E-state index contributed by atoms with van der Waals surface area (Å²) in [6.45, 7) is 2.04. The number of H-pyrrole nitrogens is 1. The number of hydrogen-bond donors (Lipinski definition) is 3. The second-order valence-electron chi connectivity index (χ2n) is 4.30. The third kappa shape index (κ3) is 3.48. The molecular weight excluding hydrogens is 272 g/mol. The van der Waals surface area contributed by atoms with Gasteiger partial charge in [-0.15, -0.1) is 0 Å². The molecule has 1 heterocycles. The van der Waals surface area contributed by atoms with Gasteiger partial charge in [-0.3, -0.25) is 10.2 Å². The van der Waals surface area contributed by atoms with E-state index in [-0.39, 0.29) is 11.4 Å². The number of nitrogens with two attached hydrogens (primary N) is 1. The third-order valence-electron chi connectivity index (χ3n) is 2.66. The number of nitrogen functional groups attached to an aromatic ring is 1. The van der Waals surface area contributed by atoms with Gasteiger partial charge in [0.2, 0.25) is 0 Å². The Kier molecular flexibility index (Phi) is 4.57. The molecule has 2 rings (SSSR count). The summed E-state index contributed by atoms with van der Waals surface area (Å²) in [6.07, 6.45) is 1.70. The van der Waals surface area contributed by atoms with E-state index in [0.29, 0.717) is 10.7 Å². The van der Waals surface area contributed by atoms with E-state index in [2.05, 4.69) is 9.97 Å². The van der Waals surface area contributed by atoms with Crippen LogP contribution < -0.4 is 11.3 Å². The van der Waals surface area contributed by atoms with Crippen LogP contribution in [0.5, 0.6) is 0 Å². The van der Waals surface area contributed by atoms with Gasteiger partial charge in [0.1, 0.15) is 5.84 Å². The van der Waals surface area contributed by atoms with Crippen molar-refractivity contribution in [3.05, 3.63) is 51.9 Å². The van der Waals surface area contributed by atoms with Crippen molar-refractivity contribution in [3.63, 3.8) is 0 Å². The topological polar surface area (TPSA) is 95.6 Å². The lowest BCUT2D eigenvalue weighted by Gasteiger charge is -2.07. The number of nitrogens with zero attached hydrogens (tertiary/aromatic N) is 1. The van der Waals surface area contributed by atoms with Crippen molar-refractivity contribution < 1.29 is 0 Å². The van der Waals surface area contributed by atoms with Crippen LogP contribution in [0.2, 0.25) is 0 Å². The molecule has 6 heteroatoms. The number of rotatable bonds is 5. The molecule has 0 saturated heterocycles. The SMILES string of the molecule is CCCc1cc(=O)[nH]c(Sc2ccccc2C(=N)N)n1. The maximum atomic E-state index is 11.6. The van der Waals surface area contributed by atoms with Crippen molar-refractivity contribution in [1.29, 1.82) is 5.41 Å². The Balaban J connectivity index is 2.35. The van der Waals surface area contributed by atoms with E-state index < -0.39 is 0 Å². The minimum Gasteiger partial charge on any atom is -0.384 e. The fraction of sp³-hybridized carbons (Fsp3) is 0.214. The van der Waals surface area contributed by atoms with Gasteiger partial charge in [0.25, 0.3) is 5.56 Å². The molecule has 104 valence electrons. The lowest BCUT2D eigenvalue weighted by atomic mass is 10.2. The summed E-state index contributed by atoms with van der Waals surface area (Å²) in [5, 5.41) is 8.09. The lowest BCUT2D eigenvalue weighted by molar-refractivity contribution is 0.816. The van der Waals surface area contributed by atoms with Crippen LogP contribution in [-0.2, 0) is 6.42 Å². The quantitative estimate of drug-likeness (QED) is 0.446. The molecule has 0 aliphatic rings. The molecule has 0 aliphatic heterocycles. The van der Waals surface area contributed by atoms with Crippen LogP contribution in [0.3, 0.4) is 0 Å². The highest BCUT2D eigenvalue weighted by molar-refractivity contribution is 7.99. The predicted octanol–water partition coefficient (Wildman–Crippen LogP) is 2.16. The summed E-state index contributed by atoms with van der Waals surface area (Å²) >= 11 is 1.31. The molecule has 0 atom stereocenters. The monoisotopic (exact) mass is 288 g/mol. The predicted molar refractivity (Wildman–Crippen MR) is 80.4 cm³/mol. The van der Waals surface area contributed by atoms with Crippen molar-refractivity contribution in [1.82, 2.24) is 9.97 Å². The Labute approximate surface area is 121 Å². The van der Waals surface area contributed by atoms with E-state index in [1.165, 1.54) is 17.8 Å². The molecule has 0 fully saturated rings. The fourth-order valence-corrected chi connectivity index (χ4v) is 2.76. The van der Waals surface area contributed by atoms with Gasteiger partial charge in [-0.1, -0.05) is 43.3 Å². The molecule has 0 unspecified atom stereocenters. The van der Waals surface area contributed by atoms with E-state index >= 15 is 0 Å². The molecule has 20 heavy (non-hydrogen) atoms. The summed E-state index contributed by atoms with van der Waals surface area (Å²) in [7, 11) is 0. The van der Waals surface area contributed by atoms with Crippen LogP contribution in [-0.4, -0.2) is 15.8 Å². The number of aromatic nitrogens is 2. The molecule has 0 amide bonds. The van der Waals surface area contributed by atoms with Gasteiger partial charge in [0, 0.05) is 22.2 Å². The first-order valence-electron chi connectivity index (χ1n) is 6.31. The summed E-state index contributed by atoms with van der Waals surface area (Å²) in [6, 6.07) is 8.84. The van der Waals surface area contributed by atoms with E-state index in [0.717, 1.165) is 23.4 Å². The summed E-state index contributed by atoms with van der Waals surface area (Å²) in [5.74, 6) is 0.000148. The molecule has 4 N–H and O–H groups in total. The first-order chi connectivity index (χ1) is 9.60. The van der Waals surface area contributed by atoms with Crippen LogP contribution in [0.1, 0.15) is 24.6 Å². The van der Waals surface area contributed by atoms with Gasteiger partial charge in [0.05, 0.1) is 0 Å². The number of nitrogens with one attached hydrogen (secondary N) is 2. The Hall–Kier alpha value is -2.08. The smallest absolute Gasteiger partial charge is 0.251 e. The average molecular weight is 288 g/mol. The van der Waals surface area contributed by atoms with Gasteiger partial charge in [-0.25, -0.2) is 4.98 Å². The largest absolute Gasteiger partial charge is 0.384 e. The number of amidine groups is 1. The van der Waals surface area contributed by atoms with Gasteiger partial charge in [-0.2, -0.15) is 0 Å². The Morgan fingerprint density at radius 1 is 1.45 bits per heavy atom. The van der Waals surface area contributed by atoms with Crippen LogP contribution in [0.15, 0.2) is 45.2 Å². The van der Waals surface area contributed by atoms with E-state index in [4.69, 9.17) is 11.1 Å². The third-order valence-corrected chi connectivity index (χ3v) is 3.63. The van der Waals surface area contributed by atoms with Gasteiger partial charge in [0.15, 0.2) is 5.16 Å². The summed E-state index contributed by atoms with van der Waals surface area (Å²) in [5.41, 5.74) is 6.81. The molecule has 2 aromatic rings. The highest BCUT2D eigenvalue weighted by Gasteiger charge is 2.08. The fourth-order valence-electron chi connectivity index (χ4n) is 1.80. The van der Waals surface area contributed by atoms with Gasteiger partial charge >= 0.3 is 0 Å². The maximum Gasteiger partial charge on any atom is 0.251 e. The van der Waals surface area contributed by atoms with Crippen molar-refractivity contribution in [2.45, 2.75) is 29.8 Å². The van der Waals surface area contributed by atoms with Crippen molar-refractivity contribution >= 4 is 17.6 Å². The van der Waals surface area contributed by atoms with Crippen molar-refractivity contribution in [2.75, 3.05) is 0 Å². The van der Waals surface area contributed by atoms with Crippen LogP contribution in [0, 0.1) is 5.41 Å². The number of benzene rings is 1. The normalized spacial score (nSPS) is 10.4. The Bertz CT molecular complexity index is 681. The highest BCUT2D eigenvalue weighted by atomic mass is 32.2. The standard InChI is InChI=1S/C14H16N4OS/c1-2-5-9-8-12(19)18-14(17-9)20-11-7-4-3-6-10(11)13(15)16/h3-4,6-8H,2,5H2,1H3,(H3,15,16)(H,17,18,19). The van der Waals surface area contributed by atoms with Crippen molar-refractivity contribution in [2.24, 2.45) is 5.73 Å². The molecule has 1 aromatic carbocycles. The molecule has 5 nitrogen and oxygen atoms in total. The van der Waals surface area contributed by atoms with Gasteiger partial charge in [-0.05, 0) is 12.5 Å². The number of aromatic amines is 1. The Morgan fingerprint density at radius 3 is 2.90 bits per heavy atom. The molecule has 0 radical (unpaired) electrons. The highest BCUT2D eigenvalue weighted by Crippen LogP contribution is 2.27. The second kappa shape index (κ2) is 6.38. The molecule has 0 saturated carbocycles. The molecule has 0 bridgehead atoms. The molecule has 1 aromatic heterocycles. The maximum absolute atomic E-state index is 11.6. The van der Waals surface area contributed by atoms with Crippen molar-refractivity contribution in [3.8, 4) is 0 Å². The molecule has 0 aliphatic carbocycles. The minimum atomic E-state index is -0.161. The zero-order valence-electron chi connectivity index (χ0n) is 11.1. The minimum absolute atomic E-state index is 0.000148. The number of hydrogen-bond acceptors (Lipinski definition) is 4. The van der Waals surface area contributed by atoms with Crippen LogP contribution in [0.25, 0.3) is 0 Å². The Morgan fingerprint density at radius 2 is 2.20 bits per heavy atom.